The minimum Gasteiger partial charge on any atom is -0.505 e. The van der Waals surface area contributed by atoms with E-state index in [1.54, 1.807) is 0 Å². The molecule has 0 heterocycles. The zero-order chi connectivity index (χ0) is 31.1. The molecule has 0 radical (unpaired) electrons. The summed E-state index contributed by atoms with van der Waals surface area (Å²) in [6.45, 7) is 0. The van der Waals surface area contributed by atoms with Crippen molar-refractivity contribution in [3.05, 3.63) is 84.4 Å². The minimum absolute atomic E-state index is 0.0150. The lowest BCUT2D eigenvalue weighted by Gasteiger charge is -2.10. The van der Waals surface area contributed by atoms with Crippen molar-refractivity contribution in [3.8, 4) is 5.75 Å². The van der Waals surface area contributed by atoms with Crippen LogP contribution in [0.3, 0.4) is 0 Å². The number of nitrogen functional groups attached to an aromatic ring is 1. The van der Waals surface area contributed by atoms with E-state index >= 15 is 0 Å². The lowest BCUT2D eigenvalue weighted by Crippen LogP contribution is -1.99. The zero-order valence-electron chi connectivity index (χ0n) is 21.5. The number of carbonyl (C=O) groups is 1. The Morgan fingerprint density at radius 1 is 0.698 bits per heavy atom. The van der Waals surface area contributed by atoms with Gasteiger partial charge in [0.05, 0.1) is 27.5 Å². The normalized spacial score (nSPS) is 12.5. The summed E-state index contributed by atoms with van der Waals surface area (Å²) in [6, 6.07) is 17.3. The number of aromatic carboxylic acids is 1. The number of carboxylic acid groups (broad SMARTS) is 1. The number of hydrogen-bond donors (Lipinski definition) is 5. The Hall–Kier alpha value is -5.29. The van der Waals surface area contributed by atoms with Gasteiger partial charge in [-0.3, -0.25) is 9.11 Å². The van der Waals surface area contributed by atoms with E-state index in [1.165, 1.54) is 60.7 Å². The summed E-state index contributed by atoms with van der Waals surface area (Å²) >= 11 is 0. The molecular weight excluding hydrogens is 602 g/mol. The first kappa shape index (κ1) is 29.2. The molecule has 6 N–H and O–H groups in total. The molecule has 0 unspecified atom stereocenters. The van der Waals surface area contributed by atoms with Crippen molar-refractivity contribution in [3.63, 3.8) is 0 Å². The Kier molecular flexibility index (Phi) is 7.37. The van der Waals surface area contributed by atoms with Crippen molar-refractivity contribution in [1.29, 1.82) is 0 Å². The van der Waals surface area contributed by atoms with Crippen LogP contribution in [-0.2, 0) is 20.2 Å². The summed E-state index contributed by atoms with van der Waals surface area (Å²) in [4.78, 5) is 10.0. The van der Waals surface area contributed by atoms with Gasteiger partial charge in [0.1, 0.15) is 10.6 Å². The average Bonchev–Trinajstić information content (AvgIpc) is 2.95. The molecule has 0 bridgehead atoms. The molecule has 0 aliphatic rings. The fourth-order valence-corrected chi connectivity index (χ4v) is 5.36. The molecule has 0 atom stereocenters. The first-order valence-electron chi connectivity index (χ1n) is 12.0. The maximum Gasteiger partial charge on any atom is 0.335 e. The van der Waals surface area contributed by atoms with Gasteiger partial charge < -0.3 is 15.9 Å². The van der Waals surface area contributed by atoms with E-state index in [-0.39, 0.29) is 49.9 Å². The molecule has 0 aromatic heterocycles. The van der Waals surface area contributed by atoms with E-state index in [9.17, 15) is 40.9 Å². The highest BCUT2D eigenvalue weighted by Crippen LogP contribution is 2.43. The van der Waals surface area contributed by atoms with Gasteiger partial charge in [-0.2, -0.15) is 21.9 Å². The number of anilines is 1. The highest BCUT2D eigenvalue weighted by molar-refractivity contribution is 7.86. The van der Waals surface area contributed by atoms with Crippen LogP contribution in [0, 0.1) is 0 Å². The number of aromatic hydroxyl groups is 1. The SMILES string of the molecule is Nc1ccc2cc(S(=O)(=O)O)c(N=Nc3ccc(N=Nc4cccc(C(=O)O)c4)c4ccc(S(=O)(=O)O)cc34)c(O)c2c1. The maximum atomic E-state index is 12.2. The van der Waals surface area contributed by atoms with Crippen molar-refractivity contribution < 1.29 is 40.9 Å². The molecule has 0 fully saturated rings. The fourth-order valence-electron chi connectivity index (χ4n) is 4.20. The van der Waals surface area contributed by atoms with Crippen LogP contribution in [0.4, 0.5) is 28.4 Å². The monoisotopic (exact) mass is 621 g/mol. The molecule has 0 aliphatic heterocycles. The number of phenols is 1. The molecule has 5 aromatic rings. The van der Waals surface area contributed by atoms with Gasteiger partial charge in [0.15, 0.2) is 5.75 Å². The van der Waals surface area contributed by atoms with Gasteiger partial charge in [-0.15, -0.1) is 15.3 Å². The maximum absolute atomic E-state index is 12.2. The van der Waals surface area contributed by atoms with Crippen LogP contribution in [0.2, 0.25) is 0 Å². The number of benzene rings is 5. The van der Waals surface area contributed by atoms with E-state index < -0.39 is 47.4 Å². The Morgan fingerprint density at radius 2 is 1.40 bits per heavy atom. The van der Waals surface area contributed by atoms with Crippen molar-refractivity contribution in [2.45, 2.75) is 9.79 Å². The summed E-state index contributed by atoms with van der Waals surface area (Å²) in [5.74, 6) is -1.80. The largest absolute Gasteiger partial charge is 0.505 e. The van der Waals surface area contributed by atoms with Crippen molar-refractivity contribution >= 4 is 76.2 Å². The number of rotatable bonds is 7. The Bertz CT molecular complexity index is 2250. The highest BCUT2D eigenvalue weighted by Gasteiger charge is 2.22. The molecule has 5 rings (SSSR count). The molecule has 0 saturated carbocycles. The highest BCUT2D eigenvalue weighted by atomic mass is 32.2. The number of nitrogens with zero attached hydrogens (tertiary/aromatic N) is 4. The van der Waals surface area contributed by atoms with Crippen LogP contribution in [0.25, 0.3) is 21.5 Å². The standard InChI is InChI=1S/C27H19N5O9S2/c28-16-5-4-14-11-24(43(39,40)41)25(26(33)20(14)12-16)32-31-23-9-8-22(19-7-6-18(13-21(19)23)42(36,37)38)30-29-17-3-1-2-15(10-17)27(34)35/h1-13,33H,28H2,(H,34,35)(H,36,37,38)(H,39,40,41). The van der Waals surface area contributed by atoms with Gasteiger partial charge in [0.2, 0.25) is 0 Å². The molecule has 0 aliphatic carbocycles. The van der Waals surface area contributed by atoms with Crippen LogP contribution < -0.4 is 5.73 Å². The van der Waals surface area contributed by atoms with Crippen LogP contribution >= 0.6 is 0 Å². The zero-order valence-corrected chi connectivity index (χ0v) is 23.2. The van der Waals surface area contributed by atoms with E-state index in [2.05, 4.69) is 20.5 Å². The molecular formula is C27H19N5O9S2. The fraction of sp³-hybridized carbons (Fsp3) is 0. The minimum atomic E-state index is -4.90. The van der Waals surface area contributed by atoms with Gasteiger partial charge in [-0.05, 0) is 66.0 Å². The second-order valence-corrected chi connectivity index (χ2v) is 11.9. The van der Waals surface area contributed by atoms with Crippen molar-refractivity contribution in [2.24, 2.45) is 20.5 Å². The van der Waals surface area contributed by atoms with Crippen LogP contribution in [-0.4, -0.2) is 42.1 Å². The summed E-state index contributed by atoms with van der Waals surface area (Å²) in [5, 5.41) is 36.9. The van der Waals surface area contributed by atoms with Gasteiger partial charge in [-0.25, -0.2) is 4.79 Å². The number of fused-ring (bicyclic) bond motifs is 2. The lowest BCUT2D eigenvalue weighted by molar-refractivity contribution is 0.0696. The lowest BCUT2D eigenvalue weighted by atomic mass is 10.1. The van der Waals surface area contributed by atoms with Gasteiger partial charge in [0.25, 0.3) is 20.2 Å². The Balaban J connectivity index is 1.68. The first-order valence-corrected chi connectivity index (χ1v) is 14.8. The molecule has 0 spiro atoms. The number of nitrogens with two attached hydrogens (primary N) is 1. The van der Waals surface area contributed by atoms with Crippen LogP contribution in [0.15, 0.2) is 109 Å². The summed E-state index contributed by atoms with van der Waals surface area (Å²) < 4.78 is 67.5. The first-order chi connectivity index (χ1) is 20.2. The number of carboxylic acids is 1. The quantitative estimate of drug-likeness (QED) is 0.0770. The number of hydrogen-bond acceptors (Lipinski definition) is 11. The number of azo groups is 2. The van der Waals surface area contributed by atoms with E-state index in [0.717, 1.165) is 18.2 Å². The second-order valence-electron chi connectivity index (χ2n) is 9.07. The molecule has 218 valence electrons. The average molecular weight is 622 g/mol. The Morgan fingerprint density at radius 3 is 2.07 bits per heavy atom. The summed E-state index contributed by atoms with van der Waals surface area (Å²) in [6.07, 6.45) is 0. The van der Waals surface area contributed by atoms with Crippen molar-refractivity contribution in [1.82, 2.24) is 0 Å². The van der Waals surface area contributed by atoms with Crippen LogP contribution in [0.1, 0.15) is 10.4 Å². The van der Waals surface area contributed by atoms with Gasteiger partial charge >= 0.3 is 5.97 Å². The van der Waals surface area contributed by atoms with E-state index in [1.807, 2.05) is 0 Å². The second kappa shape index (κ2) is 10.8. The topological polar surface area (TPSA) is 242 Å². The molecule has 16 heteroatoms. The molecule has 14 nitrogen and oxygen atoms in total. The Labute approximate surface area is 243 Å². The molecule has 43 heavy (non-hydrogen) atoms. The van der Waals surface area contributed by atoms with Crippen LogP contribution in [0.5, 0.6) is 5.75 Å². The predicted molar refractivity (Wildman–Crippen MR) is 155 cm³/mol. The third-order valence-corrected chi connectivity index (χ3v) is 7.94. The molecule has 0 amide bonds. The van der Waals surface area contributed by atoms with E-state index in [0.29, 0.717) is 0 Å². The molecule has 0 saturated heterocycles. The number of phenolic OH excluding ortho intramolecular Hbond substituents is 1. The van der Waals surface area contributed by atoms with Crippen molar-refractivity contribution in [2.75, 3.05) is 5.73 Å². The summed E-state index contributed by atoms with van der Waals surface area (Å²) in [7, 11) is -9.57. The van der Waals surface area contributed by atoms with Gasteiger partial charge in [0, 0.05) is 21.8 Å². The summed E-state index contributed by atoms with van der Waals surface area (Å²) in [5.41, 5.74) is 5.80. The van der Waals surface area contributed by atoms with E-state index in [4.69, 9.17) is 5.73 Å². The predicted octanol–water partition coefficient (Wildman–Crippen LogP) is 6.30. The third-order valence-electron chi connectivity index (χ3n) is 6.22. The smallest absolute Gasteiger partial charge is 0.335 e. The third kappa shape index (κ3) is 6.02. The van der Waals surface area contributed by atoms with Gasteiger partial charge in [-0.1, -0.05) is 18.2 Å². The molecule has 5 aromatic carbocycles.